The molecule has 1 aliphatic heterocycles. The van der Waals surface area contributed by atoms with E-state index in [1.54, 1.807) is 0 Å². The van der Waals surface area contributed by atoms with Crippen LogP contribution in [0.5, 0.6) is 0 Å². The predicted octanol–water partition coefficient (Wildman–Crippen LogP) is 2.20. The number of aryl methyl sites for hydroxylation is 2. The predicted molar refractivity (Wildman–Crippen MR) is 77.4 cm³/mol. The first-order valence-electron chi connectivity index (χ1n) is 7.42. The molecule has 0 saturated carbocycles. The topological polar surface area (TPSA) is 58.4 Å². The van der Waals surface area contributed by atoms with Gasteiger partial charge in [-0.15, -0.1) is 0 Å². The van der Waals surface area contributed by atoms with Crippen molar-refractivity contribution < 1.29 is 9.90 Å². The molecule has 0 bridgehead atoms. The van der Waals surface area contributed by atoms with Gasteiger partial charge >= 0.3 is 5.97 Å². The van der Waals surface area contributed by atoms with Crippen molar-refractivity contribution in [1.29, 1.82) is 0 Å². The third-order valence-electron chi connectivity index (χ3n) is 4.35. The summed E-state index contributed by atoms with van der Waals surface area (Å²) >= 11 is 0. The number of piperidine rings is 1. The molecule has 0 aromatic carbocycles. The van der Waals surface area contributed by atoms with Gasteiger partial charge in [0, 0.05) is 31.9 Å². The van der Waals surface area contributed by atoms with E-state index in [9.17, 15) is 9.90 Å². The second kappa shape index (κ2) is 5.95. The molecular formula is C15H25N3O2. The second-order valence-corrected chi connectivity index (χ2v) is 6.06. The van der Waals surface area contributed by atoms with E-state index in [1.165, 1.54) is 5.56 Å². The van der Waals surface area contributed by atoms with Crippen LogP contribution in [-0.4, -0.2) is 38.8 Å². The Labute approximate surface area is 120 Å². The van der Waals surface area contributed by atoms with Crippen molar-refractivity contribution in [3.63, 3.8) is 0 Å². The van der Waals surface area contributed by atoms with Crippen LogP contribution in [0.15, 0.2) is 6.20 Å². The van der Waals surface area contributed by atoms with Crippen LogP contribution in [-0.2, 0) is 18.4 Å². The Kier molecular flexibility index (Phi) is 4.48. The smallest absolute Gasteiger partial charge is 0.310 e. The molecule has 2 heterocycles. The molecule has 0 amide bonds. The summed E-state index contributed by atoms with van der Waals surface area (Å²) in [6.45, 7) is 6.51. The lowest BCUT2D eigenvalue weighted by atomic mass is 9.76. The van der Waals surface area contributed by atoms with Crippen LogP contribution >= 0.6 is 0 Å². The summed E-state index contributed by atoms with van der Waals surface area (Å²) in [6.07, 6.45) is 5.49. The van der Waals surface area contributed by atoms with Crippen LogP contribution in [0.4, 0.5) is 0 Å². The first-order chi connectivity index (χ1) is 9.47. The van der Waals surface area contributed by atoms with Gasteiger partial charge in [-0.05, 0) is 32.7 Å². The lowest BCUT2D eigenvalue weighted by Gasteiger charge is -2.39. The van der Waals surface area contributed by atoms with Crippen molar-refractivity contribution in [2.45, 2.75) is 46.1 Å². The Balaban J connectivity index is 2.10. The number of hydrogen-bond donors (Lipinski definition) is 1. The fourth-order valence-electron chi connectivity index (χ4n) is 3.37. The maximum Gasteiger partial charge on any atom is 0.310 e. The van der Waals surface area contributed by atoms with Crippen molar-refractivity contribution in [2.75, 3.05) is 13.1 Å². The third kappa shape index (κ3) is 3.03. The number of aromatic nitrogens is 2. The Bertz CT molecular complexity index is 479. The molecule has 5 heteroatoms. The molecule has 1 aromatic heterocycles. The molecule has 112 valence electrons. The third-order valence-corrected chi connectivity index (χ3v) is 4.35. The molecule has 1 aromatic rings. The summed E-state index contributed by atoms with van der Waals surface area (Å²) in [6, 6.07) is 0. The van der Waals surface area contributed by atoms with Gasteiger partial charge in [0.05, 0.1) is 11.1 Å². The van der Waals surface area contributed by atoms with Crippen LogP contribution in [0.1, 0.15) is 43.9 Å². The number of rotatable bonds is 5. The zero-order valence-corrected chi connectivity index (χ0v) is 12.7. The van der Waals surface area contributed by atoms with E-state index in [2.05, 4.69) is 16.9 Å². The Hall–Kier alpha value is -1.36. The van der Waals surface area contributed by atoms with E-state index in [0.29, 0.717) is 6.54 Å². The quantitative estimate of drug-likeness (QED) is 0.897. The minimum atomic E-state index is -0.632. The summed E-state index contributed by atoms with van der Waals surface area (Å²) < 4.78 is 1.82. The first kappa shape index (κ1) is 15.0. The largest absolute Gasteiger partial charge is 0.481 e. The van der Waals surface area contributed by atoms with Gasteiger partial charge in [0.2, 0.25) is 0 Å². The number of aliphatic carboxylic acids is 1. The van der Waals surface area contributed by atoms with Gasteiger partial charge in [-0.3, -0.25) is 14.4 Å². The molecule has 1 fully saturated rings. The van der Waals surface area contributed by atoms with E-state index in [0.717, 1.165) is 44.5 Å². The molecular weight excluding hydrogens is 254 g/mol. The highest BCUT2D eigenvalue weighted by Crippen LogP contribution is 2.35. The van der Waals surface area contributed by atoms with Gasteiger partial charge in [0.25, 0.3) is 0 Å². The molecule has 0 spiro atoms. The van der Waals surface area contributed by atoms with E-state index in [4.69, 9.17) is 0 Å². The summed E-state index contributed by atoms with van der Waals surface area (Å²) in [7, 11) is 1.92. The minimum Gasteiger partial charge on any atom is -0.481 e. The van der Waals surface area contributed by atoms with Crippen LogP contribution < -0.4 is 0 Å². The number of hydrogen-bond acceptors (Lipinski definition) is 3. The van der Waals surface area contributed by atoms with Crippen LogP contribution in [0.2, 0.25) is 0 Å². The number of carboxylic acid groups (broad SMARTS) is 1. The van der Waals surface area contributed by atoms with Gasteiger partial charge in [-0.1, -0.05) is 13.3 Å². The summed E-state index contributed by atoms with van der Waals surface area (Å²) in [5.74, 6) is -0.632. The molecule has 1 atom stereocenters. The van der Waals surface area contributed by atoms with E-state index < -0.39 is 11.4 Å². The number of likely N-dealkylation sites (tertiary alicyclic amines) is 1. The lowest BCUT2D eigenvalue weighted by Crippen LogP contribution is -2.47. The highest BCUT2D eigenvalue weighted by atomic mass is 16.4. The van der Waals surface area contributed by atoms with Crippen molar-refractivity contribution in [1.82, 2.24) is 14.7 Å². The lowest BCUT2D eigenvalue weighted by molar-refractivity contribution is -0.153. The standard InChI is InChI=1S/C15H25N3O2/c1-4-6-15(14(19)20)7-5-8-18(11-15)10-13-9-17(3)16-12(13)2/h9H,4-8,10-11H2,1-3H3,(H,19,20). The van der Waals surface area contributed by atoms with Gasteiger partial charge in [0.15, 0.2) is 0 Å². The zero-order valence-electron chi connectivity index (χ0n) is 12.7. The van der Waals surface area contributed by atoms with Crippen molar-refractivity contribution in [3.8, 4) is 0 Å². The molecule has 1 saturated heterocycles. The van der Waals surface area contributed by atoms with Crippen molar-refractivity contribution in [3.05, 3.63) is 17.5 Å². The highest BCUT2D eigenvalue weighted by molar-refractivity contribution is 5.75. The average molecular weight is 279 g/mol. The van der Waals surface area contributed by atoms with Gasteiger partial charge in [0.1, 0.15) is 0 Å². The van der Waals surface area contributed by atoms with Gasteiger partial charge < -0.3 is 5.11 Å². The molecule has 1 unspecified atom stereocenters. The molecule has 2 rings (SSSR count). The van der Waals surface area contributed by atoms with E-state index >= 15 is 0 Å². The maximum atomic E-state index is 11.7. The number of nitrogens with zero attached hydrogens (tertiary/aromatic N) is 3. The summed E-state index contributed by atoms with van der Waals surface area (Å²) in [5.41, 5.74) is 1.68. The first-order valence-corrected chi connectivity index (χ1v) is 7.42. The monoisotopic (exact) mass is 279 g/mol. The fraction of sp³-hybridized carbons (Fsp3) is 0.733. The molecule has 0 aliphatic carbocycles. The Morgan fingerprint density at radius 3 is 2.85 bits per heavy atom. The van der Waals surface area contributed by atoms with Crippen LogP contribution in [0.25, 0.3) is 0 Å². The van der Waals surface area contributed by atoms with Gasteiger partial charge in [-0.25, -0.2) is 0 Å². The molecule has 20 heavy (non-hydrogen) atoms. The van der Waals surface area contributed by atoms with E-state index in [-0.39, 0.29) is 0 Å². The minimum absolute atomic E-state index is 0.552. The highest BCUT2D eigenvalue weighted by Gasteiger charge is 2.41. The van der Waals surface area contributed by atoms with Crippen molar-refractivity contribution in [2.24, 2.45) is 12.5 Å². The maximum absolute atomic E-state index is 11.7. The SMILES string of the molecule is CCCC1(C(=O)O)CCCN(Cc2cn(C)nc2C)C1. The second-order valence-electron chi connectivity index (χ2n) is 6.06. The average Bonchev–Trinajstić information content (AvgIpc) is 2.68. The summed E-state index contributed by atoms with van der Waals surface area (Å²) in [4.78, 5) is 14.0. The Morgan fingerprint density at radius 2 is 2.30 bits per heavy atom. The molecule has 1 aliphatic rings. The fourth-order valence-corrected chi connectivity index (χ4v) is 3.37. The zero-order chi connectivity index (χ0) is 14.8. The molecule has 5 nitrogen and oxygen atoms in total. The summed E-state index contributed by atoms with van der Waals surface area (Å²) in [5, 5.41) is 14.0. The molecule has 1 N–H and O–H groups in total. The van der Waals surface area contributed by atoms with E-state index in [1.807, 2.05) is 24.9 Å². The van der Waals surface area contributed by atoms with Crippen molar-refractivity contribution >= 4 is 5.97 Å². The Morgan fingerprint density at radius 1 is 1.55 bits per heavy atom. The number of carbonyl (C=O) groups is 1. The van der Waals surface area contributed by atoms with Gasteiger partial charge in [-0.2, -0.15) is 5.10 Å². The molecule has 0 radical (unpaired) electrons. The van der Waals surface area contributed by atoms with Crippen LogP contribution in [0.3, 0.4) is 0 Å². The van der Waals surface area contributed by atoms with Crippen LogP contribution in [0, 0.1) is 12.3 Å². The number of carboxylic acids is 1. The normalized spacial score (nSPS) is 23.9.